The molecule has 0 radical (unpaired) electrons. The van der Waals surface area contributed by atoms with Gasteiger partial charge in [-0.15, -0.1) is 0 Å². The van der Waals surface area contributed by atoms with Crippen LogP contribution in [-0.4, -0.2) is 34.3 Å². The third-order valence-corrected chi connectivity index (χ3v) is 3.62. The second-order valence-electron chi connectivity index (χ2n) is 5.82. The van der Waals surface area contributed by atoms with E-state index in [4.69, 9.17) is 15.2 Å². The van der Waals surface area contributed by atoms with Gasteiger partial charge in [0.25, 0.3) is 0 Å². The number of carbonyl (C=O) groups is 1. The molecule has 1 aliphatic heterocycles. The zero-order valence-corrected chi connectivity index (χ0v) is 12.6. The predicted molar refractivity (Wildman–Crippen MR) is 77.5 cm³/mol. The van der Waals surface area contributed by atoms with Gasteiger partial charge in [0, 0.05) is 29.9 Å². The number of nitrogens with one attached hydrogen (secondary N) is 1. The van der Waals surface area contributed by atoms with Crippen LogP contribution in [0.4, 0.5) is 10.7 Å². The van der Waals surface area contributed by atoms with Crippen molar-refractivity contribution in [3.05, 3.63) is 18.0 Å². The third-order valence-electron chi connectivity index (χ3n) is 3.62. The first-order valence-corrected chi connectivity index (χ1v) is 7.07. The number of ether oxygens (including phenoxy) is 2. The Morgan fingerprint density at radius 3 is 2.81 bits per heavy atom. The zero-order chi connectivity index (χ0) is 15.5. The van der Waals surface area contributed by atoms with Crippen molar-refractivity contribution in [2.45, 2.75) is 51.4 Å². The highest BCUT2D eigenvalue weighted by atomic mass is 16.6. The minimum Gasteiger partial charge on any atom is -0.444 e. The number of carbonyl (C=O) groups excluding carboxylic acids is 1. The normalized spacial score (nSPS) is 22.0. The maximum atomic E-state index is 11.8. The summed E-state index contributed by atoms with van der Waals surface area (Å²) in [5.41, 5.74) is 6.01. The lowest BCUT2D eigenvalue weighted by atomic mass is 10.0. The SMILES string of the molecule is CCC(C)(C)NC(=O)O[C@H]1CO[C@@H](c2cnc(N)nc2)C1. The molecule has 1 fully saturated rings. The zero-order valence-electron chi connectivity index (χ0n) is 12.6. The Hall–Kier alpha value is -1.89. The number of nitrogens with two attached hydrogens (primary N) is 1. The van der Waals surface area contributed by atoms with Crippen molar-refractivity contribution in [1.82, 2.24) is 15.3 Å². The minimum absolute atomic E-state index is 0.164. The first kappa shape index (κ1) is 15.5. The molecule has 0 aromatic carbocycles. The van der Waals surface area contributed by atoms with Crippen LogP contribution in [0.25, 0.3) is 0 Å². The van der Waals surface area contributed by atoms with E-state index in [9.17, 15) is 4.79 Å². The molecule has 1 amide bonds. The van der Waals surface area contributed by atoms with Gasteiger partial charge in [-0.2, -0.15) is 0 Å². The van der Waals surface area contributed by atoms with E-state index in [0.29, 0.717) is 13.0 Å². The number of amides is 1. The quantitative estimate of drug-likeness (QED) is 0.878. The van der Waals surface area contributed by atoms with Crippen molar-refractivity contribution in [1.29, 1.82) is 0 Å². The number of nitrogens with zero attached hydrogens (tertiary/aromatic N) is 2. The van der Waals surface area contributed by atoms with E-state index < -0.39 is 6.09 Å². The highest BCUT2D eigenvalue weighted by molar-refractivity contribution is 5.68. The molecule has 7 heteroatoms. The fraction of sp³-hybridized carbons (Fsp3) is 0.643. The van der Waals surface area contributed by atoms with Crippen LogP contribution in [-0.2, 0) is 9.47 Å². The highest BCUT2D eigenvalue weighted by Crippen LogP contribution is 2.29. The molecule has 0 bridgehead atoms. The topological polar surface area (TPSA) is 99.4 Å². The van der Waals surface area contributed by atoms with Crippen molar-refractivity contribution in [3.63, 3.8) is 0 Å². The van der Waals surface area contributed by atoms with Crippen molar-refractivity contribution >= 4 is 12.0 Å². The van der Waals surface area contributed by atoms with E-state index >= 15 is 0 Å². The molecule has 0 saturated carbocycles. The molecule has 1 aliphatic rings. The summed E-state index contributed by atoms with van der Waals surface area (Å²) >= 11 is 0. The lowest BCUT2D eigenvalue weighted by Crippen LogP contribution is -2.44. The van der Waals surface area contributed by atoms with Crippen LogP contribution in [0.5, 0.6) is 0 Å². The van der Waals surface area contributed by atoms with Crippen LogP contribution in [0, 0.1) is 0 Å². The Kier molecular flexibility index (Phi) is 4.62. The Labute approximate surface area is 124 Å². The molecule has 2 atom stereocenters. The summed E-state index contributed by atoms with van der Waals surface area (Å²) in [7, 11) is 0. The number of hydrogen-bond acceptors (Lipinski definition) is 6. The monoisotopic (exact) mass is 294 g/mol. The molecule has 116 valence electrons. The fourth-order valence-corrected chi connectivity index (χ4v) is 1.97. The van der Waals surface area contributed by atoms with E-state index in [1.54, 1.807) is 12.4 Å². The van der Waals surface area contributed by atoms with Gasteiger partial charge in [-0.05, 0) is 20.3 Å². The van der Waals surface area contributed by atoms with Gasteiger partial charge in [-0.1, -0.05) is 6.92 Å². The van der Waals surface area contributed by atoms with E-state index in [0.717, 1.165) is 12.0 Å². The molecular formula is C14H22N4O3. The van der Waals surface area contributed by atoms with Crippen LogP contribution in [0.2, 0.25) is 0 Å². The molecule has 7 nitrogen and oxygen atoms in total. The van der Waals surface area contributed by atoms with Crippen LogP contribution in [0.3, 0.4) is 0 Å². The summed E-state index contributed by atoms with van der Waals surface area (Å²) in [4.78, 5) is 19.7. The molecule has 1 aromatic rings. The lowest BCUT2D eigenvalue weighted by Gasteiger charge is -2.24. The number of nitrogen functional groups attached to an aromatic ring is 1. The van der Waals surface area contributed by atoms with Gasteiger partial charge in [-0.3, -0.25) is 0 Å². The maximum absolute atomic E-state index is 11.8. The molecule has 0 unspecified atom stereocenters. The van der Waals surface area contributed by atoms with Crippen LogP contribution in [0.1, 0.15) is 45.3 Å². The van der Waals surface area contributed by atoms with Crippen LogP contribution < -0.4 is 11.1 Å². The number of alkyl carbamates (subject to hydrolysis) is 1. The molecule has 1 saturated heterocycles. The summed E-state index contributed by atoms with van der Waals surface area (Å²) in [5.74, 6) is 0.228. The molecule has 21 heavy (non-hydrogen) atoms. The van der Waals surface area contributed by atoms with Gasteiger partial charge >= 0.3 is 6.09 Å². The molecule has 3 N–H and O–H groups in total. The molecule has 2 heterocycles. The third kappa shape index (κ3) is 4.29. The van der Waals surface area contributed by atoms with Gasteiger partial charge in [0.1, 0.15) is 6.10 Å². The summed E-state index contributed by atoms with van der Waals surface area (Å²) < 4.78 is 11.0. The summed E-state index contributed by atoms with van der Waals surface area (Å²) in [6.07, 6.45) is 3.85. The summed E-state index contributed by atoms with van der Waals surface area (Å²) in [6, 6.07) is 0. The average Bonchev–Trinajstić information content (AvgIpc) is 2.87. The molecule has 1 aromatic heterocycles. The second kappa shape index (κ2) is 6.26. The number of aromatic nitrogens is 2. The highest BCUT2D eigenvalue weighted by Gasteiger charge is 2.31. The van der Waals surface area contributed by atoms with E-state index in [1.165, 1.54) is 0 Å². The molecule has 0 spiro atoms. The predicted octanol–water partition coefficient (Wildman–Crippen LogP) is 1.80. The molecule has 2 rings (SSSR count). The Morgan fingerprint density at radius 1 is 1.52 bits per heavy atom. The van der Waals surface area contributed by atoms with Gasteiger partial charge in [0.15, 0.2) is 0 Å². The van der Waals surface area contributed by atoms with Crippen molar-refractivity contribution in [2.24, 2.45) is 0 Å². The smallest absolute Gasteiger partial charge is 0.407 e. The summed E-state index contributed by atoms with van der Waals surface area (Å²) in [6.45, 7) is 6.28. The number of hydrogen-bond donors (Lipinski definition) is 2. The van der Waals surface area contributed by atoms with Gasteiger partial charge in [-0.25, -0.2) is 14.8 Å². The Bertz CT molecular complexity index is 489. The Morgan fingerprint density at radius 2 is 2.19 bits per heavy atom. The maximum Gasteiger partial charge on any atom is 0.407 e. The van der Waals surface area contributed by atoms with Crippen molar-refractivity contribution < 1.29 is 14.3 Å². The molecular weight excluding hydrogens is 272 g/mol. The first-order valence-electron chi connectivity index (χ1n) is 7.07. The van der Waals surface area contributed by atoms with Gasteiger partial charge in [0.05, 0.1) is 12.7 Å². The van der Waals surface area contributed by atoms with Crippen LogP contribution in [0.15, 0.2) is 12.4 Å². The summed E-state index contributed by atoms with van der Waals surface area (Å²) in [5, 5.41) is 2.84. The fourth-order valence-electron chi connectivity index (χ4n) is 1.97. The largest absolute Gasteiger partial charge is 0.444 e. The van der Waals surface area contributed by atoms with Crippen molar-refractivity contribution in [2.75, 3.05) is 12.3 Å². The number of anilines is 1. The first-order chi connectivity index (χ1) is 9.89. The van der Waals surface area contributed by atoms with E-state index in [2.05, 4.69) is 15.3 Å². The number of rotatable bonds is 4. The van der Waals surface area contributed by atoms with Gasteiger partial charge in [0.2, 0.25) is 5.95 Å². The van der Waals surface area contributed by atoms with Crippen molar-refractivity contribution in [3.8, 4) is 0 Å². The molecule has 0 aliphatic carbocycles. The Balaban J connectivity index is 1.85. The van der Waals surface area contributed by atoms with Gasteiger partial charge < -0.3 is 20.5 Å². The van der Waals surface area contributed by atoms with Crippen LogP contribution >= 0.6 is 0 Å². The standard InChI is InChI=1S/C14H22N4O3/c1-4-14(2,3)18-13(19)21-10-5-11(20-8-10)9-6-16-12(15)17-7-9/h6-7,10-11H,4-5,8H2,1-3H3,(H,18,19)(H2,15,16,17)/t10-,11-/m1/s1. The second-order valence-corrected chi connectivity index (χ2v) is 5.82. The minimum atomic E-state index is -0.412. The lowest BCUT2D eigenvalue weighted by molar-refractivity contribution is 0.0661. The average molecular weight is 294 g/mol. The van der Waals surface area contributed by atoms with E-state index in [-0.39, 0.29) is 23.7 Å². The van der Waals surface area contributed by atoms with E-state index in [1.807, 2.05) is 20.8 Å².